The summed E-state index contributed by atoms with van der Waals surface area (Å²) in [6.45, 7) is -0.657. The molecule has 4 N–H and O–H groups in total. The summed E-state index contributed by atoms with van der Waals surface area (Å²) in [5.41, 5.74) is -0.361. The third-order valence-corrected chi connectivity index (χ3v) is 4.82. The molecule has 0 unspecified atom stereocenters. The van der Waals surface area contributed by atoms with Crippen LogP contribution in [0.15, 0.2) is 10.5 Å². The third kappa shape index (κ3) is 4.54. The van der Waals surface area contributed by atoms with E-state index in [0.717, 1.165) is 0 Å². The Balaban J connectivity index is 2.18. The Morgan fingerprint density at radius 3 is 2.45 bits per heavy atom. The summed E-state index contributed by atoms with van der Waals surface area (Å²) in [6.07, 6.45) is -11.7. The number of pyridine rings is 1. The van der Waals surface area contributed by atoms with Gasteiger partial charge in [0.15, 0.2) is 5.69 Å². The van der Waals surface area contributed by atoms with E-state index in [1.54, 1.807) is 0 Å². The Labute approximate surface area is 171 Å². The second-order valence-electron chi connectivity index (χ2n) is 7.07. The summed E-state index contributed by atoms with van der Waals surface area (Å²) in [4.78, 5) is 3.64. The summed E-state index contributed by atoms with van der Waals surface area (Å²) in [6, 6.07) is 0.470. The number of nitrogens with two attached hydrogens (primary N) is 1. The summed E-state index contributed by atoms with van der Waals surface area (Å²) in [5.74, 6) is -2.85. The fraction of sp³-hybridized carbons (Fsp3) is 0.588. The second kappa shape index (κ2) is 8.15. The minimum atomic E-state index is -5.16. The molecule has 2 atom stereocenters. The number of rotatable bonds is 1. The first-order valence-corrected chi connectivity index (χ1v) is 9.15. The molecule has 0 saturated carbocycles. The zero-order valence-electron chi connectivity index (χ0n) is 15.8. The van der Waals surface area contributed by atoms with Crippen LogP contribution in [-0.4, -0.2) is 44.3 Å². The molecule has 0 spiro atoms. The van der Waals surface area contributed by atoms with E-state index in [9.17, 15) is 36.6 Å². The Morgan fingerprint density at radius 1 is 1.13 bits per heavy atom. The van der Waals surface area contributed by atoms with Crippen molar-refractivity contribution < 1.29 is 45.7 Å². The van der Waals surface area contributed by atoms with E-state index in [1.807, 2.05) is 0 Å². The zero-order chi connectivity index (χ0) is 23.0. The highest BCUT2D eigenvalue weighted by molar-refractivity contribution is 5.68. The van der Waals surface area contributed by atoms with Crippen LogP contribution in [-0.2, 0) is 11.8 Å². The number of alkyl halides is 6. The molecule has 0 aromatic carbocycles. The Bertz CT molecular complexity index is 932. The van der Waals surface area contributed by atoms with Crippen LogP contribution in [0.1, 0.15) is 43.6 Å². The van der Waals surface area contributed by atoms with E-state index in [4.69, 9.17) is 14.9 Å². The summed E-state index contributed by atoms with van der Waals surface area (Å²) < 4.78 is 91.2. The molecule has 0 saturated heterocycles. The molecule has 2 aromatic heterocycles. The van der Waals surface area contributed by atoms with E-state index < -0.39 is 71.7 Å². The van der Waals surface area contributed by atoms with E-state index >= 15 is 0 Å². The standard InChI is InChI=1S/C17H18F6N4O4/c18-16(19,20)9-6-10(24)11-13-26-27-14(31-13)15(29,17(21,22)23)5-3-1-2-4-8(7-28)30-12(9)25-11/h6,8,28-29H,1-5,7,24H2/t8-,15+/m0/s1. The molecule has 2 aromatic rings. The molecule has 8 nitrogen and oxygen atoms in total. The van der Waals surface area contributed by atoms with E-state index in [0.29, 0.717) is 6.07 Å². The molecular weight excluding hydrogens is 438 g/mol. The van der Waals surface area contributed by atoms with Gasteiger partial charge < -0.3 is 25.1 Å². The van der Waals surface area contributed by atoms with Crippen LogP contribution >= 0.6 is 0 Å². The first-order valence-electron chi connectivity index (χ1n) is 9.15. The van der Waals surface area contributed by atoms with Crippen molar-refractivity contribution in [1.82, 2.24) is 15.2 Å². The van der Waals surface area contributed by atoms with Crippen molar-refractivity contribution >= 4 is 5.69 Å². The summed E-state index contributed by atoms with van der Waals surface area (Å²) in [7, 11) is 0. The number of fused-ring (bicyclic) bond motifs is 5. The van der Waals surface area contributed by atoms with Gasteiger partial charge >= 0.3 is 12.4 Å². The molecule has 1 aliphatic heterocycles. The first-order chi connectivity index (χ1) is 14.4. The number of anilines is 1. The zero-order valence-corrected chi connectivity index (χ0v) is 15.8. The Kier molecular flexibility index (Phi) is 6.06. The number of hydrogen-bond acceptors (Lipinski definition) is 8. The number of hydrogen-bond donors (Lipinski definition) is 3. The minimum absolute atomic E-state index is 0.0397. The second-order valence-corrected chi connectivity index (χ2v) is 7.07. The Hall–Kier alpha value is -2.61. The van der Waals surface area contributed by atoms with Gasteiger partial charge in [0, 0.05) is 0 Å². The number of ether oxygens (including phenoxy) is 1. The topological polar surface area (TPSA) is 128 Å². The predicted molar refractivity (Wildman–Crippen MR) is 91.5 cm³/mol. The molecule has 0 aliphatic carbocycles. The monoisotopic (exact) mass is 456 g/mol. The highest BCUT2D eigenvalue weighted by Crippen LogP contribution is 2.44. The van der Waals surface area contributed by atoms with Crippen molar-refractivity contribution in [2.45, 2.75) is 56.2 Å². The van der Waals surface area contributed by atoms with Crippen LogP contribution < -0.4 is 10.5 Å². The van der Waals surface area contributed by atoms with Gasteiger partial charge in [-0.2, -0.15) is 26.3 Å². The van der Waals surface area contributed by atoms with Gasteiger partial charge in [0.05, 0.1) is 12.3 Å². The molecule has 31 heavy (non-hydrogen) atoms. The fourth-order valence-electron chi connectivity index (χ4n) is 3.11. The summed E-state index contributed by atoms with van der Waals surface area (Å²) in [5, 5.41) is 26.4. The smallest absolute Gasteiger partial charge is 0.426 e. The van der Waals surface area contributed by atoms with Gasteiger partial charge in [-0.25, -0.2) is 4.98 Å². The molecule has 1 aliphatic rings. The van der Waals surface area contributed by atoms with Gasteiger partial charge in [-0.15, -0.1) is 10.2 Å². The molecule has 172 valence electrons. The average molecular weight is 456 g/mol. The number of aromatic nitrogens is 3. The number of nitrogen functional groups attached to an aromatic ring is 1. The minimum Gasteiger partial charge on any atom is -0.471 e. The van der Waals surface area contributed by atoms with Crippen molar-refractivity contribution in [2.75, 3.05) is 12.3 Å². The molecular formula is C17H18F6N4O4. The van der Waals surface area contributed by atoms with Gasteiger partial charge in [0.2, 0.25) is 11.5 Å². The highest BCUT2D eigenvalue weighted by atomic mass is 19.4. The molecule has 14 heteroatoms. The lowest BCUT2D eigenvalue weighted by Gasteiger charge is -2.27. The van der Waals surface area contributed by atoms with Crippen LogP contribution in [0.5, 0.6) is 5.88 Å². The van der Waals surface area contributed by atoms with Gasteiger partial charge in [0.25, 0.3) is 11.8 Å². The molecule has 0 fully saturated rings. The van der Waals surface area contributed by atoms with E-state index in [1.165, 1.54) is 0 Å². The molecule has 4 bridgehead atoms. The number of aliphatic hydroxyl groups excluding tert-OH is 1. The van der Waals surface area contributed by atoms with Crippen molar-refractivity contribution in [3.8, 4) is 17.5 Å². The normalized spacial score (nSPS) is 23.2. The van der Waals surface area contributed by atoms with Crippen molar-refractivity contribution in [2.24, 2.45) is 0 Å². The summed E-state index contributed by atoms with van der Waals surface area (Å²) >= 11 is 0. The van der Waals surface area contributed by atoms with Crippen molar-refractivity contribution in [3.05, 3.63) is 17.5 Å². The lowest BCUT2D eigenvalue weighted by atomic mass is 9.94. The lowest BCUT2D eigenvalue weighted by molar-refractivity contribution is -0.277. The third-order valence-electron chi connectivity index (χ3n) is 4.82. The van der Waals surface area contributed by atoms with Gasteiger partial charge in [-0.05, 0) is 31.7 Å². The van der Waals surface area contributed by atoms with Gasteiger partial charge in [-0.1, -0.05) is 6.42 Å². The first kappa shape index (κ1) is 23.1. The maximum absolute atomic E-state index is 13.6. The molecule has 3 rings (SSSR count). The van der Waals surface area contributed by atoms with Crippen LogP contribution in [0.25, 0.3) is 11.6 Å². The fourth-order valence-corrected chi connectivity index (χ4v) is 3.11. The Morgan fingerprint density at radius 2 is 1.84 bits per heavy atom. The molecule has 0 amide bonds. The SMILES string of the molecule is Nc1cc(C(F)(F)F)c2nc1-c1nnc(o1)[C@@](O)(C(F)(F)F)CCCCC[C@@H](CO)O2. The van der Waals surface area contributed by atoms with Crippen molar-refractivity contribution in [1.29, 1.82) is 0 Å². The van der Waals surface area contributed by atoms with Crippen LogP contribution in [0, 0.1) is 0 Å². The van der Waals surface area contributed by atoms with E-state index in [2.05, 4.69) is 15.2 Å². The lowest BCUT2D eigenvalue weighted by Crippen LogP contribution is -2.42. The van der Waals surface area contributed by atoms with Crippen molar-refractivity contribution in [3.63, 3.8) is 0 Å². The number of aliphatic hydroxyl groups is 2. The van der Waals surface area contributed by atoms with Crippen LogP contribution in [0.4, 0.5) is 32.0 Å². The average Bonchev–Trinajstić information content (AvgIpc) is 3.15. The van der Waals surface area contributed by atoms with Crippen LogP contribution in [0.2, 0.25) is 0 Å². The van der Waals surface area contributed by atoms with Gasteiger partial charge in [-0.3, -0.25) is 0 Å². The molecule has 3 heterocycles. The molecule has 0 radical (unpaired) electrons. The van der Waals surface area contributed by atoms with E-state index in [-0.39, 0.29) is 25.7 Å². The van der Waals surface area contributed by atoms with Crippen LogP contribution in [0.3, 0.4) is 0 Å². The quantitative estimate of drug-likeness (QED) is 0.559. The number of nitrogens with zero attached hydrogens (tertiary/aromatic N) is 3. The number of halogens is 6. The van der Waals surface area contributed by atoms with Gasteiger partial charge in [0.1, 0.15) is 11.7 Å². The maximum atomic E-state index is 13.6. The predicted octanol–water partition coefficient (Wildman–Crippen LogP) is 3.19. The highest BCUT2D eigenvalue weighted by Gasteiger charge is 2.58. The largest absolute Gasteiger partial charge is 0.471 e. The maximum Gasteiger partial charge on any atom is 0.426 e.